The lowest BCUT2D eigenvalue weighted by atomic mass is 10.1. The van der Waals surface area contributed by atoms with Crippen molar-refractivity contribution in [1.82, 2.24) is 15.0 Å². The molecule has 0 atom stereocenters. The molecule has 0 spiro atoms. The van der Waals surface area contributed by atoms with Crippen molar-refractivity contribution in [3.8, 4) is 0 Å². The lowest BCUT2D eigenvalue weighted by molar-refractivity contribution is -0.114. The van der Waals surface area contributed by atoms with Gasteiger partial charge >= 0.3 is 0 Å². The van der Waals surface area contributed by atoms with E-state index in [1.165, 1.54) is 6.92 Å². The molecule has 0 fully saturated rings. The molecule has 0 aliphatic carbocycles. The van der Waals surface area contributed by atoms with Crippen LogP contribution in [0.1, 0.15) is 27.9 Å². The molecule has 11 nitrogen and oxygen atoms in total. The number of sulfonamides is 1. The first-order valence-corrected chi connectivity index (χ1v) is 11.9. The summed E-state index contributed by atoms with van der Waals surface area (Å²) >= 11 is 1.06. The van der Waals surface area contributed by atoms with Crippen LogP contribution in [0.15, 0.2) is 24.3 Å². The molecule has 7 N–H and O–H groups in total. The van der Waals surface area contributed by atoms with Gasteiger partial charge in [-0.1, -0.05) is 23.5 Å². The molecule has 2 rings (SSSR count). The normalized spacial score (nSPS) is 11.0. The summed E-state index contributed by atoms with van der Waals surface area (Å²) < 4.78 is 24.5. The molecule has 0 radical (unpaired) electrons. The van der Waals surface area contributed by atoms with E-state index in [4.69, 9.17) is 11.1 Å². The van der Waals surface area contributed by atoms with Crippen molar-refractivity contribution in [3.63, 3.8) is 0 Å². The standard InChI is InChI=1S/C18H25N7O4S2/c1-11(26)23-18-25-14(8-5-12-3-6-13(7-4-12)24-17(19)20)15(30-18)16(27)21-9-10-22-31(2,28)29/h3-4,6-7,22H,5,8-10H2,1-2H3,(H,21,27)(H4,19,20,24)(H,23,25,26). The number of aryl methyl sites for hydroxylation is 2. The molecule has 1 heterocycles. The number of nitrogens with two attached hydrogens (primary N) is 1. The van der Waals surface area contributed by atoms with E-state index < -0.39 is 10.0 Å². The summed E-state index contributed by atoms with van der Waals surface area (Å²) in [5, 5.41) is 15.5. The fourth-order valence-electron chi connectivity index (χ4n) is 2.57. The molecule has 0 saturated heterocycles. The smallest absolute Gasteiger partial charge is 0.263 e. The van der Waals surface area contributed by atoms with E-state index in [0.717, 1.165) is 23.2 Å². The lowest BCUT2D eigenvalue weighted by Crippen LogP contribution is -2.34. The van der Waals surface area contributed by atoms with Gasteiger partial charge in [-0.25, -0.2) is 18.1 Å². The van der Waals surface area contributed by atoms with Crippen LogP contribution in [0.4, 0.5) is 10.8 Å². The van der Waals surface area contributed by atoms with Crippen molar-refractivity contribution in [2.24, 2.45) is 5.73 Å². The van der Waals surface area contributed by atoms with E-state index in [1.54, 1.807) is 12.1 Å². The number of hydrogen-bond donors (Lipinski definition) is 6. The van der Waals surface area contributed by atoms with Crippen LogP contribution in [0.3, 0.4) is 0 Å². The molecular weight excluding hydrogens is 442 g/mol. The largest absolute Gasteiger partial charge is 0.370 e. The van der Waals surface area contributed by atoms with Gasteiger partial charge in [0.15, 0.2) is 11.1 Å². The van der Waals surface area contributed by atoms with Gasteiger partial charge in [0.25, 0.3) is 5.91 Å². The monoisotopic (exact) mass is 467 g/mol. The average molecular weight is 468 g/mol. The van der Waals surface area contributed by atoms with Crippen LogP contribution in [0.5, 0.6) is 0 Å². The molecule has 168 valence electrons. The zero-order valence-electron chi connectivity index (χ0n) is 17.1. The fraction of sp³-hybridized carbons (Fsp3) is 0.333. The van der Waals surface area contributed by atoms with Crippen LogP contribution < -0.4 is 26.4 Å². The minimum absolute atomic E-state index is 0.0674. The predicted octanol–water partition coefficient (Wildman–Crippen LogP) is 0.471. The number of carbonyl (C=O) groups excluding carboxylic acids is 2. The highest BCUT2D eigenvalue weighted by atomic mass is 32.2. The number of amides is 2. The maximum Gasteiger partial charge on any atom is 0.263 e. The summed E-state index contributed by atoms with van der Waals surface area (Å²) in [6, 6.07) is 7.35. The molecule has 13 heteroatoms. The number of thiazole rings is 1. The van der Waals surface area contributed by atoms with Crippen LogP contribution in [0.2, 0.25) is 0 Å². The summed E-state index contributed by atoms with van der Waals surface area (Å²) in [7, 11) is -3.34. The first-order chi connectivity index (χ1) is 14.5. The molecule has 0 saturated carbocycles. The second-order valence-electron chi connectivity index (χ2n) is 6.63. The number of anilines is 2. The summed E-state index contributed by atoms with van der Waals surface area (Å²) in [5.74, 6) is -0.832. The molecule has 0 unspecified atom stereocenters. The number of carbonyl (C=O) groups is 2. The van der Waals surface area contributed by atoms with Crippen molar-refractivity contribution >= 4 is 50.0 Å². The Labute approximate surface area is 184 Å². The molecule has 0 bridgehead atoms. The van der Waals surface area contributed by atoms with E-state index in [9.17, 15) is 18.0 Å². The zero-order valence-corrected chi connectivity index (χ0v) is 18.7. The Balaban J connectivity index is 2.06. The van der Waals surface area contributed by atoms with Crippen LogP contribution in [0.25, 0.3) is 0 Å². The van der Waals surface area contributed by atoms with Crippen LogP contribution in [-0.2, 0) is 27.7 Å². The molecule has 2 amide bonds. The molecule has 0 aliphatic rings. The SMILES string of the molecule is CC(=O)Nc1nc(CCc2ccc(NC(=N)N)cc2)c(C(=O)NCCNS(C)(=O)=O)s1. The Morgan fingerprint density at radius 2 is 1.81 bits per heavy atom. The van der Waals surface area contributed by atoms with Crippen LogP contribution in [-0.4, -0.2) is 50.5 Å². The summed E-state index contributed by atoms with van der Waals surface area (Å²) in [6.07, 6.45) is 2.10. The second-order valence-corrected chi connectivity index (χ2v) is 9.47. The topological polar surface area (TPSA) is 179 Å². The number of benzene rings is 1. The Kier molecular flexibility index (Phi) is 8.47. The Bertz CT molecular complexity index is 1050. The molecule has 2 aromatic rings. The minimum atomic E-state index is -3.34. The lowest BCUT2D eigenvalue weighted by Gasteiger charge is -2.07. The van der Waals surface area contributed by atoms with Gasteiger partial charge in [-0.2, -0.15) is 0 Å². The van der Waals surface area contributed by atoms with Gasteiger partial charge < -0.3 is 21.7 Å². The number of nitrogens with zero attached hydrogens (tertiary/aromatic N) is 1. The maximum atomic E-state index is 12.6. The van der Waals surface area contributed by atoms with Crippen molar-refractivity contribution in [3.05, 3.63) is 40.4 Å². The van der Waals surface area contributed by atoms with Crippen LogP contribution in [0, 0.1) is 5.41 Å². The highest BCUT2D eigenvalue weighted by Gasteiger charge is 2.18. The van der Waals surface area contributed by atoms with Gasteiger partial charge in [-0.05, 0) is 30.5 Å². The van der Waals surface area contributed by atoms with E-state index in [2.05, 4.69) is 25.7 Å². The van der Waals surface area contributed by atoms with Crippen molar-refractivity contribution in [2.75, 3.05) is 30.0 Å². The van der Waals surface area contributed by atoms with Crippen molar-refractivity contribution in [2.45, 2.75) is 19.8 Å². The quantitative estimate of drug-likeness (QED) is 0.167. The van der Waals surface area contributed by atoms with Gasteiger partial charge in [0.05, 0.1) is 11.9 Å². The number of aromatic nitrogens is 1. The Morgan fingerprint density at radius 3 is 2.39 bits per heavy atom. The molecule has 1 aromatic carbocycles. The highest BCUT2D eigenvalue weighted by Crippen LogP contribution is 2.24. The van der Waals surface area contributed by atoms with Crippen molar-refractivity contribution in [1.29, 1.82) is 5.41 Å². The molecular formula is C18H25N7O4S2. The summed E-state index contributed by atoms with van der Waals surface area (Å²) in [5.41, 5.74) is 7.53. The predicted molar refractivity (Wildman–Crippen MR) is 121 cm³/mol. The van der Waals surface area contributed by atoms with Gasteiger partial charge in [0.1, 0.15) is 4.88 Å². The van der Waals surface area contributed by atoms with Gasteiger partial charge in [0, 0.05) is 25.7 Å². The molecule has 31 heavy (non-hydrogen) atoms. The molecule has 1 aromatic heterocycles. The third-order valence-corrected chi connectivity index (χ3v) is 5.59. The van der Waals surface area contributed by atoms with Crippen molar-refractivity contribution < 1.29 is 18.0 Å². The van der Waals surface area contributed by atoms with E-state index >= 15 is 0 Å². The first-order valence-electron chi connectivity index (χ1n) is 9.23. The fourth-order valence-corrected chi connectivity index (χ4v) is 4.02. The highest BCUT2D eigenvalue weighted by molar-refractivity contribution is 7.88. The van der Waals surface area contributed by atoms with Gasteiger partial charge in [0.2, 0.25) is 15.9 Å². The van der Waals surface area contributed by atoms with E-state index in [0.29, 0.717) is 34.2 Å². The second kappa shape index (κ2) is 10.8. The summed E-state index contributed by atoms with van der Waals surface area (Å²) in [4.78, 5) is 28.7. The first kappa shape index (κ1) is 24.2. The number of guanidine groups is 1. The number of hydrogen-bond acceptors (Lipinski definition) is 7. The average Bonchev–Trinajstić information content (AvgIpc) is 3.05. The number of rotatable bonds is 10. The third kappa shape index (κ3) is 8.70. The maximum absolute atomic E-state index is 12.6. The summed E-state index contributed by atoms with van der Waals surface area (Å²) in [6.45, 7) is 1.54. The Hall–Kier alpha value is -3.03. The molecule has 0 aliphatic heterocycles. The van der Waals surface area contributed by atoms with Crippen LogP contribution >= 0.6 is 11.3 Å². The third-order valence-electron chi connectivity index (χ3n) is 3.84. The van der Waals surface area contributed by atoms with Gasteiger partial charge in [-0.3, -0.25) is 15.0 Å². The minimum Gasteiger partial charge on any atom is -0.370 e. The zero-order chi connectivity index (χ0) is 23.0. The van der Waals surface area contributed by atoms with Gasteiger partial charge in [-0.15, -0.1) is 0 Å². The Morgan fingerprint density at radius 1 is 1.13 bits per heavy atom. The number of nitrogens with one attached hydrogen (secondary N) is 5. The van der Waals surface area contributed by atoms with E-state index in [1.807, 2.05) is 12.1 Å². The van der Waals surface area contributed by atoms with E-state index in [-0.39, 0.29) is 30.9 Å².